The van der Waals surface area contributed by atoms with Gasteiger partial charge in [-0.2, -0.15) is 0 Å². The molecular weight excluding hydrogens is 232 g/mol. The van der Waals surface area contributed by atoms with Gasteiger partial charge in [-0.3, -0.25) is 14.9 Å². The molecule has 0 bridgehead atoms. The number of carbonyl (C=O) groups is 2. The van der Waals surface area contributed by atoms with E-state index in [4.69, 9.17) is 4.74 Å². The van der Waals surface area contributed by atoms with E-state index in [0.717, 1.165) is 12.8 Å². The zero-order chi connectivity index (χ0) is 14.0. The van der Waals surface area contributed by atoms with E-state index in [-0.39, 0.29) is 24.5 Å². The summed E-state index contributed by atoms with van der Waals surface area (Å²) in [5, 5.41) is 2.89. The Hall–Kier alpha value is -1.10. The number of hydrogen-bond donors (Lipinski definition) is 1. The Balaban J connectivity index is 3.90. The minimum atomic E-state index is -0.358. The largest absolute Gasteiger partial charge is 0.465 e. The van der Waals surface area contributed by atoms with E-state index in [1.165, 1.54) is 0 Å². The number of hydrogen-bond acceptors (Lipinski definition) is 4. The lowest BCUT2D eigenvalue weighted by Crippen LogP contribution is -2.46. The third kappa shape index (κ3) is 6.59. The summed E-state index contributed by atoms with van der Waals surface area (Å²) in [4.78, 5) is 25.0. The Bertz CT molecular complexity index is 253. The van der Waals surface area contributed by atoms with Crippen LogP contribution < -0.4 is 5.32 Å². The molecule has 0 aliphatic rings. The second-order valence-electron chi connectivity index (χ2n) is 4.19. The molecule has 0 saturated carbocycles. The quantitative estimate of drug-likeness (QED) is 0.498. The summed E-state index contributed by atoms with van der Waals surface area (Å²) in [5.74, 6) is -0.288. The molecule has 0 aromatic heterocycles. The molecule has 0 fully saturated rings. The summed E-state index contributed by atoms with van der Waals surface area (Å²) in [5.41, 5.74) is 0. The number of rotatable bonds is 9. The molecule has 18 heavy (non-hydrogen) atoms. The summed E-state index contributed by atoms with van der Waals surface area (Å²) < 4.78 is 5.00. The van der Waals surface area contributed by atoms with Gasteiger partial charge in [-0.15, -0.1) is 0 Å². The van der Waals surface area contributed by atoms with Gasteiger partial charge in [-0.1, -0.05) is 13.3 Å². The van der Waals surface area contributed by atoms with Crippen LogP contribution in [-0.2, 0) is 14.3 Å². The van der Waals surface area contributed by atoms with Gasteiger partial charge in [0.1, 0.15) is 0 Å². The van der Waals surface area contributed by atoms with Gasteiger partial charge < -0.3 is 9.64 Å². The van der Waals surface area contributed by atoms with E-state index in [0.29, 0.717) is 19.7 Å². The first-order chi connectivity index (χ1) is 8.56. The van der Waals surface area contributed by atoms with Crippen molar-refractivity contribution >= 4 is 11.9 Å². The molecule has 1 unspecified atom stereocenters. The Kier molecular flexibility index (Phi) is 9.28. The van der Waals surface area contributed by atoms with Crippen LogP contribution >= 0.6 is 0 Å². The lowest BCUT2D eigenvalue weighted by atomic mass is 10.3. The van der Waals surface area contributed by atoms with Gasteiger partial charge in [-0.05, 0) is 27.2 Å². The van der Waals surface area contributed by atoms with Gasteiger partial charge in [0.2, 0.25) is 5.91 Å². The molecule has 5 nitrogen and oxygen atoms in total. The number of ether oxygens (including phenoxy) is 1. The van der Waals surface area contributed by atoms with Crippen LogP contribution in [0.15, 0.2) is 0 Å². The van der Waals surface area contributed by atoms with Crippen LogP contribution in [0.2, 0.25) is 0 Å². The van der Waals surface area contributed by atoms with Crippen molar-refractivity contribution in [3.8, 4) is 0 Å². The number of unbranched alkanes of at least 4 members (excludes halogenated alkanes) is 1. The number of carbonyl (C=O) groups excluding carboxylic acids is 2. The molecule has 1 N–H and O–H groups in total. The van der Waals surface area contributed by atoms with E-state index in [9.17, 15) is 9.59 Å². The molecule has 5 heteroatoms. The van der Waals surface area contributed by atoms with Crippen molar-refractivity contribution in [3.05, 3.63) is 0 Å². The summed E-state index contributed by atoms with van der Waals surface area (Å²) >= 11 is 0. The van der Waals surface area contributed by atoms with Crippen LogP contribution in [0.4, 0.5) is 0 Å². The molecule has 1 atom stereocenters. The van der Waals surface area contributed by atoms with Gasteiger partial charge in [0, 0.05) is 13.1 Å². The third-order valence-corrected chi connectivity index (χ3v) is 2.76. The Morgan fingerprint density at radius 1 is 1.22 bits per heavy atom. The van der Waals surface area contributed by atoms with Crippen molar-refractivity contribution in [2.75, 3.05) is 26.2 Å². The van der Waals surface area contributed by atoms with Gasteiger partial charge in [0.15, 0.2) is 0 Å². The normalized spacial score (nSPS) is 12.0. The molecule has 0 spiro atoms. The molecule has 0 heterocycles. The summed E-state index contributed by atoms with van der Waals surface area (Å²) in [7, 11) is 0. The molecule has 0 radical (unpaired) electrons. The average Bonchev–Trinajstić information content (AvgIpc) is 2.37. The predicted octanol–water partition coefficient (Wildman–Crippen LogP) is 1.18. The zero-order valence-corrected chi connectivity index (χ0v) is 12.0. The summed E-state index contributed by atoms with van der Waals surface area (Å²) in [6.07, 6.45) is 1.87. The van der Waals surface area contributed by atoms with Crippen molar-refractivity contribution in [3.63, 3.8) is 0 Å². The molecule has 1 amide bonds. The highest BCUT2D eigenvalue weighted by Crippen LogP contribution is 1.95. The predicted molar refractivity (Wildman–Crippen MR) is 71.3 cm³/mol. The molecule has 0 aliphatic heterocycles. The first-order valence-corrected chi connectivity index (χ1v) is 6.74. The van der Waals surface area contributed by atoms with Crippen molar-refractivity contribution in [2.24, 2.45) is 0 Å². The van der Waals surface area contributed by atoms with Crippen LogP contribution in [-0.4, -0.2) is 49.1 Å². The SMILES string of the molecule is CCCCOC(=O)CNC(C)C(=O)N(CC)CC. The molecule has 0 rings (SSSR count). The minimum Gasteiger partial charge on any atom is -0.465 e. The zero-order valence-electron chi connectivity index (χ0n) is 12.0. The topological polar surface area (TPSA) is 58.6 Å². The smallest absolute Gasteiger partial charge is 0.319 e. The monoisotopic (exact) mass is 258 g/mol. The average molecular weight is 258 g/mol. The van der Waals surface area contributed by atoms with Crippen LogP contribution in [0, 0.1) is 0 Å². The first kappa shape index (κ1) is 16.9. The van der Waals surface area contributed by atoms with Crippen LogP contribution in [0.5, 0.6) is 0 Å². The highest BCUT2D eigenvalue weighted by atomic mass is 16.5. The van der Waals surface area contributed by atoms with E-state index in [1.807, 2.05) is 20.8 Å². The molecule has 0 aliphatic carbocycles. The molecule has 0 saturated heterocycles. The van der Waals surface area contributed by atoms with Crippen molar-refractivity contribution in [1.29, 1.82) is 0 Å². The van der Waals surface area contributed by atoms with E-state index in [2.05, 4.69) is 5.32 Å². The van der Waals surface area contributed by atoms with Crippen molar-refractivity contribution in [2.45, 2.75) is 46.6 Å². The lowest BCUT2D eigenvalue weighted by Gasteiger charge is -2.23. The van der Waals surface area contributed by atoms with Crippen molar-refractivity contribution in [1.82, 2.24) is 10.2 Å². The van der Waals surface area contributed by atoms with E-state index < -0.39 is 0 Å². The van der Waals surface area contributed by atoms with Gasteiger partial charge in [0.05, 0.1) is 19.2 Å². The summed E-state index contributed by atoms with van der Waals surface area (Å²) in [6.45, 7) is 9.58. The van der Waals surface area contributed by atoms with E-state index >= 15 is 0 Å². The maximum Gasteiger partial charge on any atom is 0.319 e. The minimum absolute atomic E-state index is 0.0151. The fourth-order valence-electron chi connectivity index (χ4n) is 1.51. The maximum absolute atomic E-state index is 11.9. The Morgan fingerprint density at radius 3 is 2.33 bits per heavy atom. The third-order valence-electron chi connectivity index (χ3n) is 2.76. The van der Waals surface area contributed by atoms with Gasteiger partial charge in [0.25, 0.3) is 0 Å². The second kappa shape index (κ2) is 9.88. The van der Waals surface area contributed by atoms with Crippen LogP contribution in [0.1, 0.15) is 40.5 Å². The maximum atomic E-state index is 11.9. The Morgan fingerprint density at radius 2 is 1.83 bits per heavy atom. The van der Waals surface area contributed by atoms with Crippen LogP contribution in [0.25, 0.3) is 0 Å². The number of likely N-dealkylation sites (N-methyl/N-ethyl adjacent to an activating group) is 1. The lowest BCUT2D eigenvalue weighted by molar-refractivity contribution is -0.143. The van der Waals surface area contributed by atoms with Crippen molar-refractivity contribution < 1.29 is 14.3 Å². The molecule has 0 aromatic rings. The molecular formula is C13H26N2O3. The molecule has 0 aromatic carbocycles. The highest BCUT2D eigenvalue weighted by Gasteiger charge is 2.18. The number of amides is 1. The second-order valence-corrected chi connectivity index (χ2v) is 4.19. The summed E-state index contributed by atoms with van der Waals surface area (Å²) in [6, 6.07) is -0.358. The fraction of sp³-hybridized carbons (Fsp3) is 0.846. The van der Waals surface area contributed by atoms with Gasteiger partial charge >= 0.3 is 5.97 Å². The fourth-order valence-corrected chi connectivity index (χ4v) is 1.51. The van der Waals surface area contributed by atoms with Crippen LogP contribution in [0.3, 0.4) is 0 Å². The number of nitrogens with zero attached hydrogens (tertiary/aromatic N) is 1. The van der Waals surface area contributed by atoms with Gasteiger partial charge in [-0.25, -0.2) is 0 Å². The van der Waals surface area contributed by atoms with E-state index in [1.54, 1.807) is 11.8 Å². The Labute approximate surface area is 110 Å². The number of nitrogens with one attached hydrogen (secondary N) is 1. The highest BCUT2D eigenvalue weighted by molar-refractivity contribution is 5.82. The molecule has 106 valence electrons. The number of esters is 1. The first-order valence-electron chi connectivity index (χ1n) is 6.74. The standard InChI is InChI=1S/C13H26N2O3/c1-5-8-9-18-12(16)10-14-11(4)13(17)15(6-2)7-3/h11,14H,5-10H2,1-4H3.